The zero-order valence-electron chi connectivity index (χ0n) is 14.1. The van der Waals surface area contributed by atoms with Crippen LogP contribution in [0.3, 0.4) is 0 Å². The van der Waals surface area contributed by atoms with Crippen molar-refractivity contribution in [2.24, 2.45) is 5.41 Å². The third-order valence-corrected chi connectivity index (χ3v) is 13.9. The Morgan fingerprint density at radius 3 is 1.86 bits per heavy atom. The number of halogens is 1. The number of hydrogen-bond acceptors (Lipinski definition) is 0. The molecule has 0 saturated heterocycles. The Labute approximate surface area is 150 Å². The van der Waals surface area contributed by atoms with E-state index < -0.39 is 6.29 Å². The lowest BCUT2D eigenvalue weighted by Gasteiger charge is -2.35. The predicted molar refractivity (Wildman–Crippen MR) is 109 cm³/mol. The maximum atomic E-state index is 2.79. The Kier molecular flexibility index (Phi) is 5.89. The molecule has 2 aromatic rings. The van der Waals surface area contributed by atoms with Crippen molar-refractivity contribution >= 4 is 28.1 Å². The molecule has 2 aromatic carbocycles. The molecule has 2 heteroatoms. The zero-order valence-corrected chi connectivity index (χ0v) is 17.5. The summed E-state index contributed by atoms with van der Waals surface area (Å²) in [6.07, 6.45) is 0.238. The minimum atomic E-state index is -0.934. The fourth-order valence-electron chi connectivity index (χ4n) is 3.01. The summed E-state index contributed by atoms with van der Waals surface area (Å²) in [6, 6.07) is 23.3. The first kappa shape index (κ1) is 17.7. The van der Waals surface area contributed by atoms with Gasteiger partial charge < -0.3 is 0 Å². The van der Waals surface area contributed by atoms with Crippen molar-refractivity contribution in [2.45, 2.75) is 45.2 Å². The highest BCUT2D eigenvalue weighted by Gasteiger charge is 2.35. The summed E-state index contributed by atoms with van der Waals surface area (Å²) in [5, 5.41) is 0.329. The first-order valence-electron chi connectivity index (χ1n) is 8.05. The monoisotopic (exact) mass is 422 g/mol. The van der Waals surface area contributed by atoms with Gasteiger partial charge in [-0.1, -0.05) is 88.4 Å². The van der Waals surface area contributed by atoms with Gasteiger partial charge in [-0.05, 0) is 34.0 Å². The molecule has 0 heterocycles. The lowest BCUT2D eigenvalue weighted by atomic mass is 9.88. The van der Waals surface area contributed by atoms with Gasteiger partial charge in [-0.2, -0.15) is 0 Å². The van der Waals surface area contributed by atoms with Crippen LogP contribution in [0.4, 0.5) is 0 Å². The largest absolute Gasteiger partial charge is 0.122 e. The van der Waals surface area contributed by atoms with Gasteiger partial charge in [0.1, 0.15) is 6.29 Å². The van der Waals surface area contributed by atoms with Crippen LogP contribution in [0.25, 0.3) is 0 Å². The minimum Gasteiger partial charge on any atom is -0.122 e. The summed E-state index contributed by atoms with van der Waals surface area (Å²) in [6.45, 7) is 9.73. The molecule has 0 aromatic heterocycles. The van der Waals surface area contributed by atoms with E-state index in [1.54, 1.807) is 0 Å². The molecule has 0 N–H and O–H groups in total. The van der Waals surface area contributed by atoms with Crippen LogP contribution in [0.15, 0.2) is 60.7 Å². The highest BCUT2D eigenvalue weighted by molar-refractivity contribution is 14.1. The molecule has 0 amide bonds. The summed E-state index contributed by atoms with van der Waals surface area (Å²) < 4.78 is 0. The maximum absolute atomic E-state index is 2.79. The van der Waals surface area contributed by atoms with E-state index in [9.17, 15) is 0 Å². The van der Waals surface area contributed by atoms with E-state index >= 15 is 0 Å². The summed E-state index contributed by atoms with van der Waals surface area (Å²) in [4.78, 5) is 0. The van der Waals surface area contributed by atoms with Crippen molar-refractivity contribution in [1.29, 1.82) is 0 Å². The van der Waals surface area contributed by atoms with Crippen LogP contribution in [0, 0.1) is 5.41 Å². The van der Waals surface area contributed by atoms with Crippen LogP contribution in [0.5, 0.6) is 0 Å². The van der Waals surface area contributed by atoms with E-state index in [4.69, 9.17) is 0 Å². The van der Waals surface area contributed by atoms with Gasteiger partial charge in [0.2, 0.25) is 0 Å². The van der Waals surface area contributed by atoms with Crippen LogP contribution in [-0.4, -0.2) is 6.29 Å². The van der Waals surface area contributed by atoms with E-state index in [1.165, 1.54) is 23.6 Å². The van der Waals surface area contributed by atoms with E-state index in [-0.39, 0.29) is 0 Å². The molecule has 0 spiro atoms. The molecule has 22 heavy (non-hydrogen) atoms. The van der Waals surface area contributed by atoms with Gasteiger partial charge >= 0.3 is 0 Å². The Bertz CT molecular complexity index is 575. The number of hydrogen-bond donors (Lipinski definition) is 0. The van der Waals surface area contributed by atoms with E-state index in [0.29, 0.717) is 10.5 Å². The highest BCUT2D eigenvalue weighted by atomic mass is 127. The highest BCUT2D eigenvalue weighted by Crippen LogP contribution is 2.38. The third kappa shape index (κ3) is 4.69. The molecule has 0 nitrogen and oxygen atoms in total. The molecular weight excluding hydrogens is 395 g/mol. The second-order valence-electron chi connectivity index (χ2n) is 7.59. The molecule has 118 valence electrons. The quantitative estimate of drug-likeness (QED) is 0.308. The standard InChI is InChI=1S/C20H27ISi/c1-19(2,15-17-11-7-5-8-12-17)16-22(21)20(3,4)18-13-9-6-10-14-18/h5-14,22H,15-16H2,1-4H3. The van der Waals surface area contributed by atoms with Crippen LogP contribution in [0.1, 0.15) is 38.8 Å². The summed E-state index contributed by atoms with van der Waals surface area (Å²) in [5.41, 5.74) is 3.32. The molecule has 1 unspecified atom stereocenters. The fourth-order valence-corrected chi connectivity index (χ4v) is 9.84. The van der Waals surface area contributed by atoms with Gasteiger partial charge in [-0.25, -0.2) is 0 Å². The van der Waals surface area contributed by atoms with Crippen LogP contribution in [0.2, 0.25) is 6.04 Å². The molecular formula is C20H27ISi. The Hall–Kier alpha value is -0.613. The molecule has 0 aliphatic carbocycles. The predicted octanol–water partition coefficient (Wildman–Crippen LogP) is 5.93. The molecule has 0 fully saturated rings. The van der Waals surface area contributed by atoms with Gasteiger partial charge in [-0.3, -0.25) is 0 Å². The smallest absolute Gasteiger partial charge is 0.120 e. The van der Waals surface area contributed by atoms with Gasteiger partial charge in [-0.15, -0.1) is 21.8 Å². The van der Waals surface area contributed by atoms with Gasteiger partial charge in [0, 0.05) is 0 Å². The molecule has 1 atom stereocenters. The first-order chi connectivity index (χ1) is 10.3. The van der Waals surface area contributed by atoms with E-state index in [1.807, 2.05) is 0 Å². The molecule has 0 saturated carbocycles. The van der Waals surface area contributed by atoms with Gasteiger partial charge in [0.15, 0.2) is 0 Å². The van der Waals surface area contributed by atoms with Crippen LogP contribution < -0.4 is 0 Å². The SMILES string of the molecule is CC(C)(Cc1ccccc1)C[SiH](I)C(C)(C)c1ccccc1. The maximum Gasteiger partial charge on any atom is 0.120 e. The van der Waals surface area contributed by atoms with Crippen molar-refractivity contribution in [2.75, 3.05) is 0 Å². The molecule has 0 radical (unpaired) electrons. The number of benzene rings is 2. The van der Waals surface area contributed by atoms with E-state index in [2.05, 4.69) is 110 Å². The van der Waals surface area contributed by atoms with Crippen molar-refractivity contribution in [1.82, 2.24) is 0 Å². The number of rotatable bonds is 6. The second kappa shape index (κ2) is 7.31. The van der Waals surface area contributed by atoms with Crippen molar-refractivity contribution in [3.8, 4) is 0 Å². The van der Waals surface area contributed by atoms with Crippen LogP contribution in [-0.2, 0) is 11.5 Å². The Morgan fingerprint density at radius 2 is 1.32 bits per heavy atom. The van der Waals surface area contributed by atoms with Gasteiger partial charge in [0.05, 0.1) is 0 Å². The van der Waals surface area contributed by atoms with Crippen molar-refractivity contribution < 1.29 is 0 Å². The third-order valence-electron chi connectivity index (χ3n) is 4.56. The average molecular weight is 422 g/mol. The molecule has 0 aliphatic heterocycles. The zero-order chi connectivity index (χ0) is 16.2. The molecule has 0 bridgehead atoms. The Morgan fingerprint density at radius 1 is 0.818 bits per heavy atom. The lowest BCUT2D eigenvalue weighted by molar-refractivity contribution is 0.405. The fraction of sp³-hybridized carbons (Fsp3) is 0.400. The molecule has 0 aliphatic rings. The van der Waals surface area contributed by atoms with E-state index in [0.717, 1.165) is 0 Å². The second-order valence-corrected chi connectivity index (χ2v) is 14.9. The average Bonchev–Trinajstić information content (AvgIpc) is 2.48. The van der Waals surface area contributed by atoms with Gasteiger partial charge in [0.25, 0.3) is 0 Å². The summed E-state index contributed by atoms with van der Waals surface area (Å²) >= 11 is 2.79. The normalized spacial score (nSPS) is 13.9. The van der Waals surface area contributed by atoms with Crippen molar-refractivity contribution in [3.63, 3.8) is 0 Å². The topological polar surface area (TPSA) is 0 Å². The summed E-state index contributed by atoms with van der Waals surface area (Å²) in [5.74, 6) is 0. The Balaban J connectivity index is 2.08. The first-order valence-corrected chi connectivity index (χ1v) is 13.6. The van der Waals surface area contributed by atoms with Crippen molar-refractivity contribution in [3.05, 3.63) is 71.8 Å². The molecule has 2 rings (SSSR count). The minimum absolute atomic E-state index is 0.329. The lowest BCUT2D eigenvalue weighted by Crippen LogP contribution is -2.37. The summed E-state index contributed by atoms with van der Waals surface area (Å²) in [7, 11) is 0. The van der Waals surface area contributed by atoms with Crippen LogP contribution >= 0.6 is 21.8 Å².